The predicted molar refractivity (Wildman–Crippen MR) is 123 cm³/mol. The minimum atomic E-state index is -0.362. The number of ether oxygens (including phenoxy) is 2. The largest absolute Gasteiger partial charge is 0.486 e. The summed E-state index contributed by atoms with van der Waals surface area (Å²) in [6.45, 7) is 1.53. The fourth-order valence-corrected chi connectivity index (χ4v) is 4.77. The molecule has 1 atom stereocenters. The van der Waals surface area contributed by atoms with E-state index in [0.29, 0.717) is 36.9 Å². The average molecular weight is 443 g/mol. The first kappa shape index (κ1) is 19.7. The second-order valence-electron chi connectivity index (χ2n) is 8.25. The van der Waals surface area contributed by atoms with Gasteiger partial charge in [-0.05, 0) is 47.9 Å². The van der Waals surface area contributed by atoms with Crippen molar-refractivity contribution in [2.75, 3.05) is 25.1 Å². The minimum Gasteiger partial charge on any atom is -0.486 e. The second-order valence-corrected chi connectivity index (χ2v) is 8.25. The molecule has 2 N–H and O–H groups in total. The molecule has 3 aromatic carbocycles. The van der Waals surface area contributed by atoms with Crippen LogP contribution in [0.2, 0.25) is 0 Å². The molecule has 2 aliphatic rings. The lowest BCUT2D eigenvalue weighted by Crippen LogP contribution is -2.43. The van der Waals surface area contributed by atoms with E-state index in [1.165, 1.54) is 17.7 Å². The van der Waals surface area contributed by atoms with Gasteiger partial charge in [0.15, 0.2) is 11.5 Å². The summed E-state index contributed by atoms with van der Waals surface area (Å²) in [6.07, 6.45) is 0.728. The zero-order chi connectivity index (χ0) is 22.4. The number of hydrogen-bond donors (Lipinski definition) is 2. The highest BCUT2D eigenvalue weighted by Gasteiger charge is 2.34. The van der Waals surface area contributed by atoms with Gasteiger partial charge >= 0.3 is 6.03 Å². The zero-order valence-corrected chi connectivity index (χ0v) is 17.8. The molecule has 1 aromatic heterocycles. The topological polar surface area (TPSA) is 66.6 Å². The van der Waals surface area contributed by atoms with E-state index in [9.17, 15) is 9.18 Å². The van der Waals surface area contributed by atoms with Crippen molar-refractivity contribution in [1.82, 2.24) is 9.88 Å². The summed E-state index contributed by atoms with van der Waals surface area (Å²) in [7, 11) is 0. The van der Waals surface area contributed by atoms with Crippen LogP contribution < -0.4 is 14.8 Å². The van der Waals surface area contributed by atoms with E-state index in [1.807, 2.05) is 18.2 Å². The lowest BCUT2D eigenvalue weighted by Gasteiger charge is -2.36. The summed E-state index contributed by atoms with van der Waals surface area (Å²) in [6, 6.07) is 19.3. The highest BCUT2D eigenvalue weighted by molar-refractivity contribution is 5.92. The Morgan fingerprint density at radius 3 is 2.64 bits per heavy atom. The number of aromatic amines is 1. The Hall–Kier alpha value is -4.00. The number of anilines is 1. The van der Waals surface area contributed by atoms with E-state index in [0.717, 1.165) is 28.6 Å². The summed E-state index contributed by atoms with van der Waals surface area (Å²) in [5.74, 6) is 0.980. The molecule has 0 spiro atoms. The number of benzene rings is 3. The predicted octanol–water partition coefficient (Wildman–Crippen LogP) is 5.26. The lowest BCUT2D eigenvalue weighted by molar-refractivity contribution is 0.171. The number of aromatic nitrogens is 1. The Kier molecular flexibility index (Phi) is 4.68. The van der Waals surface area contributed by atoms with Crippen molar-refractivity contribution >= 4 is 22.6 Å². The third kappa shape index (κ3) is 3.46. The second kappa shape index (κ2) is 7.85. The summed E-state index contributed by atoms with van der Waals surface area (Å²) >= 11 is 0. The number of rotatable bonds is 2. The quantitative estimate of drug-likeness (QED) is 0.444. The van der Waals surface area contributed by atoms with E-state index in [-0.39, 0.29) is 17.9 Å². The molecule has 0 saturated carbocycles. The maximum atomic E-state index is 13.7. The van der Waals surface area contributed by atoms with Crippen LogP contribution in [0.15, 0.2) is 66.7 Å². The monoisotopic (exact) mass is 443 g/mol. The molecule has 6 nitrogen and oxygen atoms in total. The minimum absolute atomic E-state index is 0.231. The SMILES string of the molecule is O=C(Nc1ccc2c(c1)OCCO2)N1CCc2c([nH]c3ccccc23)[C@H]1c1ccc(F)cc1. The Balaban J connectivity index is 1.37. The first-order chi connectivity index (χ1) is 16.2. The maximum Gasteiger partial charge on any atom is 0.322 e. The highest BCUT2D eigenvalue weighted by Crippen LogP contribution is 2.39. The first-order valence-electron chi connectivity index (χ1n) is 11.0. The lowest BCUT2D eigenvalue weighted by atomic mass is 9.92. The van der Waals surface area contributed by atoms with E-state index in [1.54, 1.807) is 35.2 Å². The molecule has 0 radical (unpaired) electrons. The van der Waals surface area contributed by atoms with Crippen LogP contribution in [0.5, 0.6) is 11.5 Å². The molecule has 7 heteroatoms. The van der Waals surface area contributed by atoms with E-state index < -0.39 is 0 Å². The molecule has 33 heavy (non-hydrogen) atoms. The normalized spacial score (nSPS) is 17.0. The summed E-state index contributed by atoms with van der Waals surface area (Å²) in [4.78, 5) is 18.8. The standard InChI is InChI=1S/C26H22FN3O3/c27-17-7-5-16(6-8-17)25-24-20(19-3-1-2-4-21(19)29-24)11-12-30(25)26(31)28-18-9-10-22-23(15-18)33-14-13-32-22/h1-10,15,25,29H,11-14H2,(H,28,31)/t25-/m1/s1. The zero-order valence-electron chi connectivity index (χ0n) is 17.8. The van der Waals surface area contributed by atoms with Crippen molar-refractivity contribution < 1.29 is 18.7 Å². The van der Waals surface area contributed by atoms with Gasteiger partial charge in [0, 0.05) is 34.9 Å². The van der Waals surface area contributed by atoms with Gasteiger partial charge in [-0.25, -0.2) is 9.18 Å². The van der Waals surface area contributed by atoms with Crippen LogP contribution in [0.25, 0.3) is 10.9 Å². The number of amides is 2. The number of para-hydroxylation sites is 1. The molecule has 0 aliphatic carbocycles. The molecule has 3 heterocycles. The third-order valence-corrected chi connectivity index (χ3v) is 6.27. The molecule has 0 bridgehead atoms. The van der Waals surface area contributed by atoms with Crippen molar-refractivity contribution in [2.45, 2.75) is 12.5 Å². The third-order valence-electron chi connectivity index (χ3n) is 6.27. The number of nitrogens with zero attached hydrogens (tertiary/aromatic N) is 1. The van der Waals surface area contributed by atoms with E-state index in [2.05, 4.69) is 16.4 Å². The van der Waals surface area contributed by atoms with Crippen LogP contribution in [-0.2, 0) is 6.42 Å². The van der Waals surface area contributed by atoms with Gasteiger partial charge in [-0.2, -0.15) is 0 Å². The van der Waals surface area contributed by atoms with Gasteiger partial charge in [0.2, 0.25) is 0 Å². The Bertz CT molecular complexity index is 1350. The van der Waals surface area contributed by atoms with Gasteiger partial charge in [0.1, 0.15) is 19.0 Å². The van der Waals surface area contributed by atoms with Crippen LogP contribution in [0.4, 0.5) is 14.9 Å². The van der Waals surface area contributed by atoms with Gasteiger partial charge in [0.05, 0.1) is 6.04 Å². The number of halogens is 1. The molecule has 0 saturated heterocycles. The van der Waals surface area contributed by atoms with Crippen LogP contribution in [0, 0.1) is 5.82 Å². The molecule has 0 fully saturated rings. The fourth-order valence-electron chi connectivity index (χ4n) is 4.77. The number of fused-ring (bicyclic) bond motifs is 4. The number of carbonyl (C=O) groups is 1. The van der Waals surface area contributed by atoms with Crippen molar-refractivity contribution in [3.8, 4) is 11.5 Å². The molecule has 2 aliphatic heterocycles. The Morgan fingerprint density at radius 2 is 1.79 bits per heavy atom. The van der Waals surface area contributed by atoms with E-state index in [4.69, 9.17) is 9.47 Å². The van der Waals surface area contributed by atoms with Crippen molar-refractivity contribution in [2.24, 2.45) is 0 Å². The molecule has 0 unspecified atom stereocenters. The average Bonchev–Trinajstić information content (AvgIpc) is 3.23. The Morgan fingerprint density at radius 1 is 1.00 bits per heavy atom. The van der Waals surface area contributed by atoms with Crippen LogP contribution in [-0.4, -0.2) is 35.7 Å². The highest BCUT2D eigenvalue weighted by atomic mass is 19.1. The number of nitrogens with one attached hydrogen (secondary N) is 2. The summed E-state index contributed by atoms with van der Waals surface area (Å²) in [5.41, 5.74) is 4.67. The number of urea groups is 1. The van der Waals surface area contributed by atoms with Crippen LogP contribution >= 0.6 is 0 Å². The Labute approximate surface area is 189 Å². The number of carbonyl (C=O) groups excluding carboxylic acids is 1. The molecular formula is C26H22FN3O3. The smallest absolute Gasteiger partial charge is 0.322 e. The fraction of sp³-hybridized carbons (Fsp3) is 0.192. The van der Waals surface area contributed by atoms with Gasteiger partial charge in [-0.15, -0.1) is 0 Å². The molecule has 166 valence electrons. The van der Waals surface area contributed by atoms with Crippen molar-refractivity contribution in [1.29, 1.82) is 0 Å². The van der Waals surface area contributed by atoms with E-state index >= 15 is 0 Å². The molecule has 6 rings (SSSR count). The van der Waals surface area contributed by atoms with Crippen molar-refractivity contribution in [3.05, 3.63) is 89.4 Å². The van der Waals surface area contributed by atoms with Gasteiger partial charge in [0.25, 0.3) is 0 Å². The summed E-state index contributed by atoms with van der Waals surface area (Å²) in [5, 5.41) is 4.16. The summed E-state index contributed by atoms with van der Waals surface area (Å²) < 4.78 is 24.9. The van der Waals surface area contributed by atoms with Gasteiger partial charge in [-0.3, -0.25) is 0 Å². The van der Waals surface area contributed by atoms with Crippen LogP contribution in [0.1, 0.15) is 22.9 Å². The number of hydrogen-bond acceptors (Lipinski definition) is 3. The molecular weight excluding hydrogens is 421 g/mol. The first-order valence-corrected chi connectivity index (χ1v) is 11.0. The van der Waals surface area contributed by atoms with Gasteiger partial charge in [-0.1, -0.05) is 30.3 Å². The van der Waals surface area contributed by atoms with Crippen LogP contribution in [0.3, 0.4) is 0 Å². The van der Waals surface area contributed by atoms with Gasteiger partial charge < -0.3 is 24.7 Å². The molecule has 4 aromatic rings. The van der Waals surface area contributed by atoms with Crippen molar-refractivity contribution in [3.63, 3.8) is 0 Å². The number of H-pyrrole nitrogens is 1. The maximum absolute atomic E-state index is 13.7. The molecule has 2 amide bonds.